The molecule has 0 bridgehead atoms. The van der Waals surface area contributed by atoms with Gasteiger partial charge in [0.15, 0.2) is 0 Å². The number of methoxy groups -OCH3 is 1. The highest BCUT2D eigenvalue weighted by Gasteiger charge is 2.53. The zero-order valence-electron chi connectivity index (χ0n) is 16.2. The molecule has 2 aliphatic rings. The van der Waals surface area contributed by atoms with Gasteiger partial charge >= 0.3 is 0 Å². The Morgan fingerprint density at radius 3 is 2.45 bits per heavy atom. The summed E-state index contributed by atoms with van der Waals surface area (Å²) in [7, 11) is 1.66. The quantitative estimate of drug-likeness (QED) is 0.793. The van der Waals surface area contributed by atoms with Gasteiger partial charge in [-0.15, -0.1) is 12.4 Å². The number of fused-ring (bicyclic) bond motifs is 2. The fourth-order valence-electron chi connectivity index (χ4n) is 4.89. The van der Waals surface area contributed by atoms with Crippen LogP contribution in [0.15, 0.2) is 42.5 Å². The van der Waals surface area contributed by atoms with E-state index >= 15 is 0 Å². The number of rotatable bonds is 4. The second-order valence-corrected chi connectivity index (χ2v) is 7.57. The van der Waals surface area contributed by atoms with Gasteiger partial charge in [0.25, 0.3) is 0 Å². The van der Waals surface area contributed by atoms with Crippen molar-refractivity contribution >= 4 is 18.3 Å². The van der Waals surface area contributed by atoms with E-state index in [0.29, 0.717) is 0 Å². The number of amides is 1. The molecule has 156 valence electrons. The molecule has 2 aromatic rings. The standard InChI is InChI=1S/C22H24F2N2O2.ClH/c1-28-21-20(26-19(27)13-15-17(23)7-4-8-18(15)24)14-5-2-3-6-16(14)22(21)9-11-25-12-10-22;/h2-8,20-21,25H,9-13H2,1H3,(H,26,27);1H/t20-,21+;/m1./s1. The van der Waals surface area contributed by atoms with Gasteiger partial charge in [-0.25, -0.2) is 8.78 Å². The molecule has 4 nitrogen and oxygen atoms in total. The van der Waals surface area contributed by atoms with Crippen molar-refractivity contribution in [1.29, 1.82) is 0 Å². The predicted octanol–water partition coefficient (Wildman–Crippen LogP) is 3.44. The van der Waals surface area contributed by atoms with Gasteiger partial charge in [-0.2, -0.15) is 0 Å². The van der Waals surface area contributed by atoms with E-state index in [1.54, 1.807) is 7.11 Å². The van der Waals surface area contributed by atoms with Gasteiger partial charge in [-0.1, -0.05) is 30.3 Å². The van der Waals surface area contributed by atoms with Crippen LogP contribution in [-0.2, 0) is 21.4 Å². The summed E-state index contributed by atoms with van der Waals surface area (Å²) in [6.45, 7) is 1.77. The predicted molar refractivity (Wildman–Crippen MR) is 109 cm³/mol. The first kappa shape index (κ1) is 21.7. The molecule has 1 fully saturated rings. The van der Waals surface area contributed by atoms with Crippen molar-refractivity contribution in [1.82, 2.24) is 10.6 Å². The van der Waals surface area contributed by atoms with Crippen LogP contribution in [0, 0.1) is 11.6 Å². The first-order valence-electron chi connectivity index (χ1n) is 9.62. The van der Waals surface area contributed by atoms with E-state index in [1.165, 1.54) is 23.8 Å². The second-order valence-electron chi connectivity index (χ2n) is 7.57. The average molecular weight is 423 g/mol. The van der Waals surface area contributed by atoms with Gasteiger partial charge < -0.3 is 15.4 Å². The van der Waals surface area contributed by atoms with Crippen molar-refractivity contribution in [3.63, 3.8) is 0 Å². The molecule has 1 spiro atoms. The molecule has 1 aliphatic heterocycles. The number of benzene rings is 2. The van der Waals surface area contributed by atoms with E-state index in [1.807, 2.05) is 18.2 Å². The molecule has 0 unspecified atom stereocenters. The topological polar surface area (TPSA) is 50.4 Å². The van der Waals surface area contributed by atoms with Crippen molar-refractivity contribution in [2.24, 2.45) is 0 Å². The Morgan fingerprint density at radius 2 is 1.79 bits per heavy atom. The monoisotopic (exact) mass is 422 g/mol. The summed E-state index contributed by atoms with van der Waals surface area (Å²) in [4.78, 5) is 12.7. The van der Waals surface area contributed by atoms with Crippen LogP contribution in [0.25, 0.3) is 0 Å². The van der Waals surface area contributed by atoms with Gasteiger partial charge in [-0.3, -0.25) is 4.79 Å². The summed E-state index contributed by atoms with van der Waals surface area (Å²) < 4.78 is 33.8. The van der Waals surface area contributed by atoms with Crippen LogP contribution >= 0.6 is 12.4 Å². The average Bonchev–Trinajstić information content (AvgIpc) is 2.94. The maximum atomic E-state index is 13.9. The molecular formula is C22H25ClF2N2O2. The lowest BCUT2D eigenvalue weighted by atomic mass is 9.72. The Morgan fingerprint density at radius 1 is 1.14 bits per heavy atom. The molecule has 0 aromatic heterocycles. The lowest BCUT2D eigenvalue weighted by Gasteiger charge is -2.40. The van der Waals surface area contributed by atoms with Crippen LogP contribution in [-0.4, -0.2) is 32.2 Å². The molecule has 4 rings (SSSR count). The van der Waals surface area contributed by atoms with Crippen molar-refractivity contribution in [2.45, 2.75) is 36.8 Å². The van der Waals surface area contributed by atoms with E-state index in [4.69, 9.17) is 4.74 Å². The van der Waals surface area contributed by atoms with E-state index in [9.17, 15) is 13.6 Å². The summed E-state index contributed by atoms with van der Waals surface area (Å²) in [5, 5.41) is 6.38. The van der Waals surface area contributed by atoms with Crippen molar-refractivity contribution in [3.05, 3.63) is 70.8 Å². The fourth-order valence-corrected chi connectivity index (χ4v) is 4.89. The van der Waals surface area contributed by atoms with Gasteiger partial charge in [-0.05, 0) is 49.2 Å². The smallest absolute Gasteiger partial charge is 0.225 e. The summed E-state index contributed by atoms with van der Waals surface area (Å²) in [6.07, 6.45) is 1.26. The summed E-state index contributed by atoms with van der Waals surface area (Å²) in [5.41, 5.74) is 1.85. The molecule has 7 heteroatoms. The molecule has 1 aliphatic carbocycles. The Labute approximate surface area is 175 Å². The maximum absolute atomic E-state index is 13.9. The minimum atomic E-state index is -0.708. The van der Waals surface area contributed by atoms with Crippen molar-refractivity contribution in [2.75, 3.05) is 20.2 Å². The second kappa shape index (κ2) is 8.78. The van der Waals surface area contributed by atoms with Crippen molar-refractivity contribution < 1.29 is 18.3 Å². The highest BCUT2D eigenvalue weighted by Crippen LogP contribution is 2.51. The highest BCUT2D eigenvalue weighted by molar-refractivity contribution is 5.85. The Hall–Kier alpha value is -2.02. The third-order valence-electron chi connectivity index (χ3n) is 6.14. The molecule has 0 saturated carbocycles. The third kappa shape index (κ3) is 3.77. The van der Waals surface area contributed by atoms with Crippen LogP contribution in [0.4, 0.5) is 8.78 Å². The number of carbonyl (C=O) groups is 1. The minimum Gasteiger partial charge on any atom is -0.378 e. The van der Waals surface area contributed by atoms with Crippen LogP contribution in [0.1, 0.15) is 35.6 Å². The van der Waals surface area contributed by atoms with Crippen molar-refractivity contribution in [3.8, 4) is 0 Å². The van der Waals surface area contributed by atoms with Gasteiger partial charge in [0.1, 0.15) is 11.6 Å². The summed E-state index contributed by atoms with van der Waals surface area (Å²) >= 11 is 0. The first-order valence-corrected chi connectivity index (χ1v) is 9.62. The van der Waals surface area contributed by atoms with Crippen LogP contribution in [0.3, 0.4) is 0 Å². The Balaban J connectivity index is 0.00000240. The number of hydrogen-bond donors (Lipinski definition) is 2. The largest absolute Gasteiger partial charge is 0.378 e. The lowest BCUT2D eigenvalue weighted by Crippen LogP contribution is -2.49. The zero-order chi connectivity index (χ0) is 19.7. The maximum Gasteiger partial charge on any atom is 0.225 e. The Bertz CT molecular complexity index is 867. The third-order valence-corrected chi connectivity index (χ3v) is 6.14. The molecule has 29 heavy (non-hydrogen) atoms. The molecule has 0 radical (unpaired) electrons. The molecule has 1 saturated heterocycles. The van der Waals surface area contributed by atoms with E-state index in [-0.39, 0.29) is 42.0 Å². The van der Waals surface area contributed by atoms with E-state index in [2.05, 4.69) is 16.7 Å². The minimum absolute atomic E-state index is 0. The summed E-state index contributed by atoms with van der Waals surface area (Å²) in [5.74, 6) is -1.84. The fraction of sp³-hybridized carbons (Fsp3) is 0.409. The highest BCUT2D eigenvalue weighted by atomic mass is 35.5. The zero-order valence-corrected chi connectivity index (χ0v) is 17.0. The number of halogens is 3. The summed E-state index contributed by atoms with van der Waals surface area (Å²) in [6, 6.07) is 11.3. The molecular weight excluding hydrogens is 398 g/mol. The number of nitrogens with one attached hydrogen (secondary N) is 2. The van der Waals surface area contributed by atoms with E-state index < -0.39 is 17.5 Å². The van der Waals surface area contributed by atoms with Gasteiger partial charge in [0.05, 0.1) is 18.6 Å². The van der Waals surface area contributed by atoms with E-state index in [0.717, 1.165) is 31.5 Å². The number of carbonyl (C=O) groups excluding carboxylic acids is 1. The molecule has 1 heterocycles. The number of hydrogen-bond acceptors (Lipinski definition) is 3. The lowest BCUT2D eigenvalue weighted by molar-refractivity contribution is -0.122. The SMILES string of the molecule is CO[C@H]1[C@H](NC(=O)Cc2c(F)cccc2F)c2ccccc2C12CCNCC2.Cl. The molecule has 1 amide bonds. The molecule has 2 atom stereocenters. The van der Waals surface area contributed by atoms with Crippen LogP contribution in [0.5, 0.6) is 0 Å². The van der Waals surface area contributed by atoms with Crippen LogP contribution in [0.2, 0.25) is 0 Å². The first-order chi connectivity index (χ1) is 13.6. The number of piperidine rings is 1. The normalized spacial score (nSPS) is 22.0. The van der Waals surface area contributed by atoms with Gasteiger partial charge in [0, 0.05) is 18.1 Å². The van der Waals surface area contributed by atoms with Gasteiger partial charge in [0.2, 0.25) is 5.91 Å². The van der Waals surface area contributed by atoms with Crippen LogP contribution < -0.4 is 10.6 Å². The Kier molecular flexibility index (Phi) is 6.56. The number of ether oxygens (including phenoxy) is 1. The molecule has 2 N–H and O–H groups in total. The molecule has 2 aromatic carbocycles.